The van der Waals surface area contributed by atoms with Crippen LogP contribution < -0.4 is 10.0 Å². The quantitative estimate of drug-likeness (QED) is 0.674. The van der Waals surface area contributed by atoms with Gasteiger partial charge in [0.05, 0.1) is 6.04 Å². The van der Waals surface area contributed by atoms with E-state index >= 15 is 0 Å². The van der Waals surface area contributed by atoms with E-state index < -0.39 is 10.2 Å². The highest BCUT2D eigenvalue weighted by molar-refractivity contribution is 7.87. The Kier molecular flexibility index (Phi) is 7.04. The fourth-order valence-electron chi connectivity index (χ4n) is 1.62. The summed E-state index contributed by atoms with van der Waals surface area (Å²) in [7, 11) is -1.87. The summed E-state index contributed by atoms with van der Waals surface area (Å²) in [4.78, 5) is 4.12. The number of nitrogens with one attached hydrogen (secondary N) is 2. The third kappa shape index (κ3) is 5.84. The Morgan fingerprint density at radius 3 is 2.65 bits per heavy atom. The van der Waals surface area contributed by atoms with Gasteiger partial charge in [-0.3, -0.25) is 0 Å². The molecule has 116 valence electrons. The molecule has 0 spiro atoms. The smallest absolute Gasteiger partial charge is 0.279 e. The van der Waals surface area contributed by atoms with Crippen LogP contribution in [0.25, 0.3) is 0 Å². The van der Waals surface area contributed by atoms with Crippen molar-refractivity contribution in [2.75, 3.05) is 20.1 Å². The summed E-state index contributed by atoms with van der Waals surface area (Å²) in [5.74, 6) is 0. The van der Waals surface area contributed by atoms with Gasteiger partial charge in [-0.1, -0.05) is 13.8 Å². The average molecular weight is 320 g/mol. The van der Waals surface area contributed by atoms with Crippen LogP contribution in [0, 0.1) is 0 Å². The molecule has 8 heteroatoms. The third-order valence-corrected chi connectivity index (χ3v) is 5.37. The molecular formula is C12H24N4O2S2. The largest absolute Gasteiger partial charge is 0.314 e. The topological polar surface area (TPSA) is 74.3 Å². The lowest BCUT2D eigenvalue weighted by Crippen LogP contribution is -2.40. The Hall–Kier alpha value is -0.540. The maximum absolute atomic E-state index is 12.1. The van der Waals surface area contributed by atoms with Crippen LogP contribution in [0.1, 0.15) is 38.2 Å². The molecule has 0 aliphatic heterocycles. The van der Waals surface area contributed by atoms with Crippen LogP contribution in [0.4, 0.5) is 0 Å². The highest BCUT2D eigenvalue weighted by Crippen LogP contribution is 2.16. The van der Waals surface area contributed by atoms with Crippen LogP contribution in [0.3, 0.4) is 0 Å². The second-order valence-electron chi connectivity index (χ2n) is 5.00. The molecule has 0 radical (unpaired) electrons. The minimum atomic E-state index is -3.46. The van der Waals surface area contributed by atoms with Gasteiger partial charge in [0.2, 0.25) is 0 Å². The maximum Gasteiger partial charge on any atom is 0.279 e. The van der Waals surface area contributed by atoms with Gasteiger partial charge in [-0.2, -0.15) is 17.4 Å². The number of nitrogens with zero attached hydrogens (tertiary/aromatic N) is 2. The zero-order valence-corrected chi connectivity index (χ0v) is 14.1. The summed E-state index contributed by atoms with van der Waals surface area (Å²) in [5.41, 5.74) is 0. The lowest BCUT2D eigenvalue weighted by atomic mass is 10.3. The molecule has 0 fully saturated rings. The van der Waals surface area contributed by atoms with E-state index in [1.54, 1.807) is 20.2 Å². The predicted octanol–water partition coefficient (Wildman–Crippen LogP) is 1.36. The number of hydrogen-bond donors (Lipinski definition) is 2. The lowest BCUT2D eigenvalue weighted by molar-refractivity contribution is 0.433. The van der Waals surface area contributed by atoms with Gasteiger partial charge >= 0.3 is 0 Å². The van der Waals surface area contributed by atoms with Gasteiger partial charge in [-0.15, -0.1) is 11.3 Å². The van der Waals surface area contributed by atoms with E-state index in [-0.39, 0.29) is 6.04 Å². The van der Waals surface area contributed by atoms with E-state index in [1.165, 1.54) is 15.6 Å². The van der Waals surface area contributed by atoms with E-state index in [4.69, 9.17) is 0 Å². The molecule has 0 saturated heterocycles. The van der Waals surface area contributed by atoms with Crippen molar-refractivity contribution in [2.45, 2.75) is 39.3 Å². The Balaban J connectivity index is 2.43. The van der Waals surface area contributed by atoms with Crippen molar-refractivity contribution in [3.8, 4) is 0 Å². The van der Waals surface area contributed by atoms with Crippen molar-refractivity contribution < 1.29 is 8.42 Å². The molecule has 1 aromatic rings. The van der Waals surface area contributed by atoms with E-state index in [2.05, 4.69) is 28.9 Å². The van der Waals surface area contributed by atoms with E-state index in [0.717, 1.165) is 18.0 Å². The summed E-state index contributed by atoms with van der Waals surface area (Å²) in [5, 5.41) is 5.87. The third-order valence-electron chi connectivity index (χ3n) is 2.76. The van der Waals surface area contributed by atoms with E-state index in [1.807, 2.05) is 5.38 Å². The van der Waals surface area contributed by atoms with Crippen LogP contribution in [0.5, 0.6) is 0 Å². The highest BCUT2D eigenvalue weighted by atomic mass is 32.2. The predicted molar refractivity (Wildman–Crippen MR) is 83.0 cm³/mol. The van der Waals surface area contributed by atoms with Crippen LogP contribution in [0.15, 0.2) is 11.6 Å². The van der Waals surface area contributed by atoms with Crippen molar-refractivity contribution in [2.24, 2.45) is 0 Å². The van der Waals surface area contributed by atoms with Gasteiger partial charge in [0.1, 0.15) is 5.01 Å². The van der Waals surface area contributed by atoms with Gasteiger partial charge in [0, 0.05) is 31.2 Å². The normalized spacial score (nSPS) is 14.1. The molecule has 1 unspecified atom stereocenters. The molecule has 0 saturated carbocycles. The summed E-state index contributed by atoms with van der Waals surface area (Å²) in [6, 6.07) is 0.108. The van der Waals surface area contributed by atoms with Crippen LogP contribution in [-0.2, 0) is 10.2 Å². The van der Waals surface area contributed by atoms with Crippen LogP contribution in [-0.4, -0.2) is 43.9 Å². The van der Waals surface area contributed by atoms with Gasteiger partial charge in [-0.05, 0) is 19.9 Å². The van der Waals surface area contributed by atoms with E-state index in [0.29, 0.717) is 12.6 Å². The molecule has 0 bridgehead atoms. The molecule has 1 aromatic heterocycles. The molecule has 20 heavy (non-hydrogen) atoms. The number of rotatable bonds is 9. The highest BCUT2D eigenvalue weighted by Gasteiger charge is 2.21. The fraction of sp³-hybridized carbons (Fsp3) is 0.750. The fourth-order valence-corrected chi connectivity index (χ4v) is 3.45. The molecule has 1 heterocycles. The Labute approximate surface area is 125 Å². The first-order chi connectivity index (χ1) is 9.33. The second-order valence-corrected chi connectivity index (χ2v) is 7.73. The Morgan fingerprint density at radius 1 is 1.40 bits per heavy atom. The summed E-state index contributed by atoms with van der Waals surface area (Å²) < 4.78 is 28.3. The lowest BCUT2D eigenvalue weighted by Gasteiger charge is -2.20. The van der Waals surface area contributed by atoms with Crippen molar-refractivity contribution in [3.05, 3.63) is 16.6 Å². The van der Waals surface area contributed by atoms with Gasteiger partial charge in [0.25, 0.3) is 10.2 Å². The first kappa shape index (κ1) is 17.5. The first-order valence-corrected chi connectivity index (χ1v) is 9.01. The van der Waals surface area contributed by atoms with Gasteiger partial charge in [0.15, 0.2) is 0 Å². The summed E-state index contributed by atoms with van der Waals surface area (Å²) in [6.07, 6.45) is 2.45. The second kappa shape index (κ2) is 8.04. The number of hydrogen-bond acceptors (Lipinski definition) is 5. The number of thiazole rings is 1. The standard InChI is InChI=1S/C12H24N4O2S2/c1-10(2)13-6-5-8-16(4)20(17,18)15-11(3)12-14-7-9-19-12/h7,9-11,13,15H,5-6,8H2,1-4H3. The molecule has 0 aliphatic rings. The minimum Gasteiger partial charge on any atom is -0.314 e. The van der Waals surface area contributed by atoms with Gasteiger partial charge < -0.3 is 5.32 Å². The Bertz CT molecular complexity index is 474. The monoisotopic (exact) mass is 320 g/mol. The maximum atomic E-state index is 12.1. The average Bonchev–Trinajstić information content (AvgIpc) is 2.87. The molecule has 2 N–H and O–H groups in total. The van der Waals surface area contributed by atoms with Crippen LogP contribution in [0.2, 0.25) is 0 Å². The van der Waals surface area contributed by atoms with Gasteiger partial charge in [-0.25, -0.2) is 4.98 Å². The van der Waals surface area contributed by atoms with Crippen LogP contribution >= 0.6 is 11.3 Å². The summed E-state index contributed by atoms with van der Waals surface area (Å²) >= 11 is 1.44. The summed E-state index contributed by atoms with van der Waals surface area (Å²) in [6.45, 7) is 7.22. The molecular weight excluding hydrogens is 296 g/mol. The van der Waals surface area contributed by atoms with E-state index in [9.17, 15) is 8.42 Å². The van der Waals surface area contributed by atoms with Crippen molar-refractivity contribution in [3.63, 3.8) is 0 Å². The Morgan fingerprint density at radius 2 is 2.10 bits per heavy atom. The van der Waals surface area contributed by atoms with Crippen molar-refractivity contribution in [1.82, 2.24) is 19.3 Å². The van der Waals surface area contributed by atoms with Crippen molar-refractivity contribution >= 4 is 21.5 Å². The zero-order chi connectivity index (χ0) is 15.2. The molecule has 0 amide bonds. The molecule has 1 atom stereocenters. The minimum absolute atomic E-state index is 0.309. The molecule has 0 aliphatic carbocycles. The zero-order valence-electron chi connectivity index (χ0n) is 12.5. The first-order valence-electron chi connectivity index (χ1n) is 6.69. The van der Waals surface area contributed by atoms with Crippen molar-refractivity contribution in [1.29, 1.82) is 0 Å². The SMILES string of the molecule is CC(C)NCCCN(C)S(=O)(=O)NC(C)c1nccs1. The molecule has 6 nitrogen and oxygen atoms in total. The molecule has 1 rings (SSSR count). The number of aromatic nitrogens is 1. The molecule has 0 aromatic carbocycles.